The zero-order chi connectivity index (χ0) is 32.2. The van der Waals surface area contributed by atoms with Crippen molar-refractivity contribution < 1.29 is 36.7 Å². The molecule has 0 spiro atoms. The van der Waals surface area contributed by atoms with Crippen LogP contribution in [0.25, 0.3) is 0 Å². The summed E-state index contributed by atoms with van der Waals surface area (Å²) in [4.78, 5) is 28.5. The fourth-order valence-corrected chi connectivity index (χ4v) is 5.17. The van der Waals surface area contributed by atoms with E-state index in [0.29, 0.717) is 24.4 Å². The summed E-state index contributed by atoms with van der Waals surface area (Å²) < 4.78 is 52.3. The van der Waals surface area contributed by atoms with Gasteiger partial charge in [-0.15, -0.1) is 24.9 Å². The van der Waals surface area contributed by atoms with E-state index in [2.05, 4.69) is 10.1 Å². The number of esters is 1. The van der Waals surface area contributed by atoms with E-state index >= 15 is 0 Å². The molecule has 1 N–H and O–H groups in total. The van der Waals surface area contributed by atoms with Crippen molar-refractivity contribution in [3.63, 3.8) is 0 Å². The van der Waals surface area contributed by atoms with E-state index in [1.807, 2.05) is 76.8 Å². The van der Waals surface area contributed by atoms with Crippen molar-refractivity contribution in [1.29, 1.82) is 0 Å². The van der Waals surface area contributed by atoms with Crippen molar-refractivity contribution in [3.8, 4) is 5.75 Å². The second kappa shape index (κ2) is 13.7. The highest BCUT2D eigenvalue weighted by molar-refractivity contribution is 8.01. The fraction of sp³-hybridized carbons (Fsp3) is 0.419. The Bertz CT molecular complexity index is 1430. The minimum atomic E-state index is -4.89. The molecule has 0 aliphatic rings. The highest BCUT2D eigenvalue weighted by Gasteiger charge is 2.34. The molecule has 0 unspecified atom stereocenters. The van der Waals surface area contributed by atoms with Crippen molar-refractivity contribution in [2.24, 2.45) is 0 Å². The number of amides is 1. The number of rotatable bonds is 11. The molecule has 1 heterocycles. The topological polar surface area (TPSA) is 81.0 Å². The number of alkyl halides is 3. The van der Waals surface area contributed by atoms with Gasteiger partial charge < -0.3 is 19.2 Å². The molecule has 0 aliphatic heterocycles. The number of nitrogens with one attached hydrogen (secondary N) is 1. The molecule has 0 radical (unpaired) electrons. The third-order valence-electron chi connectivity index (χ3n) is 6.07. The Labute approximate surface area is 259 Å². The molecule has 1 amide bonds. The third-order valence-corrected chi connectivity index (χ3v) is 7.55. The normalized spacial score (nSPS) is 12.4. The lowest BCUT2D eigenvalue weighted by molar-refractivity contribution is -0.274. The Balaban J connectivity index is 1.73. The molecule has 1 aromatic heterocycles. The van der Waals surface area contributed by atoms with Crippen molar-refractivity contribution >= 4 is 40.9 Å². The van der Waals surface area contributed by atoms with Gasteiger partial charge in [0, 0.05) is 17.1 Å². The molecule has 3 aromatic rings. The molecule has 43 heavy (non-hydrogen) atoms. The molecule has 7 nitrogen and oxygen atoms in total. The smallest absolute Gasteiger partial charge is 0.468 e. The lowest BCUT2D eigenvalue weighted by atomic mass is 10.1. The summed E-state index contributed by atoms with van der Waals surface area (Å²) in [5, 5.41) is 2.45. The monoisotopic (exact) mass is 640 g/mol. The number of hydrogen-bond acceptors (Lipinski definition) is 7. The zero-order valence-electron chi connectivity index (χ0n) is 25.1. The number of anilines is 1. The van der Waals surface area contributed by atoms with E-state index in [4.69, 9.17) is 20.8 Å². The van der Waals surface area contributed by atoms with E-state index in [-0.39, 0.29) is 29.1 Å². The third kappa shape index (κ3) is 10.8. The van der Waals surface area contributed by atoms with Gasteiger partial charge in [0.05, 0.1) is 24.4 Å². The molecule has 234 valence electrons. The number of benzene rings is 2. The molecule has 0 aliphatic carbocycles. The van der Waals surface area contributed by atoms with Crippen LogP contribution in [0.4, 0.5) is 18.9 Å². The Morgan fingerprint density at radius 3 is 2.19 bits per heavy atom. The first-order chi connectivity index (χ1) is 19.8. The highest BCUT2D eigenvalue weighted by atomic mass is 35.5. The first-order valence-corrected chi connectivity index (χ1v) is 14.6. The molecular weight excluding hydrogens is 605 g/mol. The summed E-state index contributed by atoms with van der Waals surface area (Å²) in [6, 6.07) is 11.9. The molecule has 0 atom stereocenters. The van der Waals surface area contributed by atoms with E-state index in [9.17, 15) is 22.8 Å². The van der Waals surface area contributed by atoms with Gasteiger partial charge in [-0.05, 0) is 95.5 Å². The van der Waals surface area contributed by atoms with Gasteiger partial charge in [-0.3, -0.25) is 14.5 Å². The average molecular weight is 641 g/mol. The molecule has 12 heteroatoms. The summed E-state index contributed by atoms with van der Waals surface area (Å²) in [6.07, 6.45) is -3.31. The number of thioether (sulfide) groups is 1. The summed E-state index contributed by atoms with van der Waals surface area (Å²) in [6.45, 7) is 13.3. The predicted molar refractivity (Wildman–Crippen MR) is 161 cm³/mol. The van der Waals surface area contributed by atoms with Gasteiger partial charge >= 0.3 is 12.3 Å². The molecule has 0 bridgehead atoms. The Hall–Kier alpha value is -3.15. The predicted octanol–water partition coefficient (Wildman–Crippen LogP) is 8.30. The van der Waals surface area contributed by atoms with Crippen molar-refractivity contribution in [3.05, 3.63) is 76.2 Å². The highest BCUT2D eigenvalue weighted by Crippen LogP contribution is 2.36. The van der Waals surface area contributed by atoms with Gasteiger partial charge in [0.25, 0.3) is 0 Å². The SMILES string of the molecule is Cc1cc(OC(F)(F)F)c(Cl)cc1NC(=O)CN(Cc1ccc(SC(C)(C)C(=O)OC(C)(C)C)cc1)Cc1occc1C. The van der Waals surface area contributed by atoms with Crippen LogP contribution in [0.15, 0.2) is 58.0 Å². The largest absolute Gasteiger partial charge is 0.573 e. The fourth-order valence-electron chi connectivity index (χ4n) is 3.98. The number of aryl methyl sites for hydroxylation is 2. The van der Waals surface area contributed by atoms with E-state index in [1.54, 1.807) is 13.2 Å². The summed E-state index contributed by atoms with van der Waals surface area (Å²) in [5.41, 5.74) is 1.89. The maximum absolute atomic E-state index is 13.1. The van der Waals surface area contributed by atoms with Gasteiger partial charge in [0.15, 0.2) is 0 Å². The van der Waals surface area contributed by atoms with Crippen LogP contribution in [0.1, 0.15) is 57.1 Å². The van der Waals surface area contributed by atoms with Crippen LogP contribution >= 0.6 is 23.4 Å². The van der Waals surface area contributed by atoms with Crippen LogP contribution in [0.3, 0.4) is 0 Å². The lowest BCUT2D eigenvalue weighted by Gasteiger charge is -2.28. The lowest BCUT2D eigenvalue weighted by Crippen LogP contribution is -2.36. The Morgan fingerprint density at radius 1 is 0.977 bits per heavy atom. The van der Waals surface area contributed by atoms with Crippen LogP contribution in [-0.2, 0) is 27.4 Å². The van der Waals surface area contributed by atoms with E-state index in [0.717, 1.165) is 22.1 Å². The number of nitrogens with zero attached hydrogens (tertiary/aromatic N) is 1. The average Bonchev–Trinajstić information content (AvgIpc) is 3.25. The summed E-state index contributed by atoms with van der Waals surface area (Å²) in [7, 11) is 0. The van der Waals surface area contributed by atoms with Gasteiger partial charge in [-0.1, -0.05) is 23.7 Å². The van der Waals surface area contributed by atoms with Crippen LogP contribution < -0.4 is 10.1 Å². The number of hydrogen-bond donors (Lipinski definition) is 1. The molecule has 0 fully saturated rings. The number of furan rings is 1. The molecule has 3 rings (SSSR count). The van der Waals surface area contributed by atoms with Crippen molar-refractivity contribution in [2.45, 2.75) is 83.2 Å². The van der Waals surface area contributed by atoms with Crippen molar-refractivity contribution in [1.82, 2.24) is 4.90 Å². The Morgan fingerprint density at radius 2 is 1.63 bits per heavy atom. The number of halogens is 4. The zero-order valence-corrected chi connectivity index (χ0v) is 26.7. The molecule has 2 aromatic carbocycles. The minimum absolute atomic E-state index is 0.0415. The number of carbonyl (C=O) groups is 2. The quantitative estimate of drug-likeness (QED) is 0.167. The summed E-state index contributed by atoms with van der Waals surface area (Å²) >= 11 is 7.38. The second-order valence-electron chi connectivity index (χ2n) is 11.6. The first-order valence-electron chi connectivity index (χ1n) is 13.4. The van der Waals surface area contributed by atoms with Gasteiger partial charge in [-0.25, -0.2) is 0 Å². The Kier molecular flexibility index (Phi) is 10.9. The number of ether oxygens (including phenoxy) is 2. The molecule has 0 saturated heterocycles. The first kappa shape index (κ1) is 34.3. The summed E-state index contributed by atoms with van der Waals surface area (Å²) in [5.74, 6) is -0.541. The van der Waals surface area contributed by atoms with Crippen LogP contribution in [0, 0.1) is 13.8 Å². The maximum atomic E-state index is 13.1. The standard InChI is InChI=1S/C31H36ClF3N2O5S/c1-19-12-13-40-26(19)17-37(18-27(38)36-24-15-23(32)25(14-20(24)2)41-31(33,34)35)16-21-8-10-22(11-9-21)43-30(6,7)28(39)42-29(3,4)5/h8-15H,16-18H2,1-7H3,(H,36,38). The van der Waals surface area contributed by atoms with Gasteiger partial charge in [-0.2, -0.15) is 0 Å². The minimum Gasteiger partial charge on any atom is -0.468 e. The number of carbonyl (C=O) groups excluding carboxylic acids is 2. The second-order valence-corrected chi connectivity index (χ2v) is 13.7. The maximum Gasteiger partial charge on any atom is 0.573 e. The van der Waals surface area contributed by atoms with Gasteiger partial charge in [0.1, 0.15) is 21.9 Å². The van der Waals surface area contributed by atoms with Crippen LogP contribution in [0.5, 0.6) is 5.75 Å². The van der Waals surface area contributed by atoms with E-state index in [1.165, 1.54) is 17.8 Å². The van der Waals surface area contributed by atoms with Gasteiger partial charge in [0.2, 0.25) is 5.91 Å². The molecular formula is C31H36ClF3N2O5S. The van der Waals surface area contributed by atoms with E-state index < -0.39 is 22.5 Å². The van der Waals surface area contributed by atoms with Crippen LogP contribution in [-0.4, -0.2) is 40.0 Å². The molecule has 0 saturated carbocycles. The van der Waals surface area contributed by atoms with Crippen LogP contribution in [0.2, 0.25) is 5.02 Å². The van der Waals surface area contributed by atoms with Crippen molar-refractivity contribution in [2.75, 3.05) is 11.9 Å².